The Labute approximate surface area is 111 Å². The van der Waals surface area contributed by atoms with Crippen LogP contribution in [0.4, 0.5) is 0 Å². The first-order chi connectivity index (χ1) is 8.63. The summed E-state index contributed by atoms with van der Waals surface area (Å²) in [4.78, 5) is 27.7. The standard InChI is InChI=1S/C12H18ClNO4/c1-2-17-11(16)8-10(15)12(13)14-18-9-6-4-3-5-7-9/h9H,2-8H2,1H3/b14-12-. The molecule has 1 aliphatic rings. The summed E-state index contributed by atoms with van der Waals surface area (Å²) in [6, 6.07) is 0. The third-order valence-corrected chi connectivity index (χ3v) is 2.95. The van der Waals surface area contributed by atoms with Crippen molar-refractivity contribution in [3.8, 4) is 0 Å². The van der Waals surface area contributed by atoms with Crippen LogP contribution in [0.15, 0.2) is 5.16 Å². The molecule has 0 radical (unpaired) electrons. The summed E-state index contributed by atoms with van der Waals surface area (Å²) in [6.07, 6.45) is 4.91. The van der Waals surface area contributed by atoms with Crippen LogP contribution in [-0.4, -0.2) is 29.6 Å². The number of ketones is 1. The number of nitrogens with zero attached hydrogens (tertiary/aromatic N) is 1. The van der Waals surface area contributed by atoms with Crippen LogP contribution in [0.2, 0.25) is 0 Å². The van der Waals surface area contributed by atoms with E-state index in [2.05, 4.69) is 9.89 Å². The topological polar surface area (TPSA) is 65.0 Å². The van der Waals surface area contributed by atoms with Crippen molar-refractivity contribution >= 4 is 28.5 Å². The van der Waals surface area contributed by atoms with Crippen molar-refractivity contribution in [1.29, 1.82) is 0 Å². The molecule has 1 saturated carbocycles. The number of rotatable bonds is 6. The normalized spacial score (nSPS) is 17.3. The van der Waals surface area contributed by atoms with Gasteiger partial charge < -0.3 is 9.57 Å². The number of carbonyl (C=O) groups excluding carboxylic acids is 2. The Hall–Kier alpha value is -1.10. The maximum atomic E-state index is 11.5. The van der Waals surface area contributed by atoms with E-state index in [-0.39, 0.29) is 17.9 Å². The minimum atomic E-state index is -0.603. The van der Waals surface area contributed by atoms with Gasteiger partial charge in [-0.05, 0) is 32.6 Å². The Morgan fingerprint density at radius 2 is 1.94 bits per heavy atom. The Kier molecular flexibility index (Phi) is 6.72. The summed E-state index contributed by atoms with van der Waals surface area (Å²) >= 11 is 5.66. The molecule has 1 fully saturated rings. The fraction of sp³-hybridized carbons (Fsp3) is 0.750. The molecule has 0 unspecified atom stereocenters. The predicted molar refractivity (Wildman–Crippen MR) is 67.5 cm³/mol. The molecule has 0 aliphatic heterocycles. The number of oxime groups is 1. The van der Waals surface area contributed by atoms with E-state index in [1.165, 1.54) is 6.42 Å². The van der Waals surface area contributed by atoms with Crippen LogP contribution < -0.4 is 0 Å². The molecule has 1 aliphatic carbocycles. The molecule has 18 heavy (non-hydrogen) atoms. The van der Waals surface area contributed by atoms with Gasteiger partial charge in [0.05, 0.1) is 6.61 Å². The smallest absolute Gasteiger partial charge is 0.313 e. The number of hydrogen-bond donors (Lipinski definition) is 0. The van der Waals surface area contributed by atoms with E-state index in [4.69, 9.17) is 16.4 Å². The van der Waals surface area contributed by atoms with Crippen molar-refractivity contribution in [3.05, 3.63) is 0 Å². The number of hydrogen-bond acceptors (Lipinski definition) is 5. The summed E-state index contributed by atoms with van der Waals surface area (Å²) < 4.78 is 4.64. The molecule has 1 rings (SSSR count). The van der Waals surface area contributed by atoms with Gasteiger partial charge in [0.1, 0.15) is 12.5 Å². The molecule has 0 aromatic heterocycles. The van der Waals surface area contributed by atoms with Crippen molar-refractivity contribution in [3.63, 3.8) is 0 Å². The lowest BCUT2D eigenvalue weighted by molar-refractivity contribution is -0.144. The van der Waals surface area contributed by atoms with Crippen LogP contribution in [0, 0.1) is 0 Å². The summed E-state index contributed by atoms with van der Waals surface area (Å²) in [5.74, 6) is -1.18. The molecule has 0 bridgehead atoms. The van der Waals surface area contributed by atoms with Crippen molar-refractivity contribution in [1.82, 2.24) is 0 Å². The van der Waals surface area contributed by atoms with E-state index in [9.17, 15) is 9.59 Å². The maximum absolute atomic E-state index is 11.5. The number of ether oxygens (including phenoxy) is 1. The van der Waals surface area contributed by atoms with Gasteiger partial charge in [-0.15, -0.1) is 0 Å². The van der Waals surface area contributed by atoms with Gasteiger partial charge in [0.15, 0.2) is 0 Å². The third-order valence-electron chi connectivity index (χ3n) is 2.67. The highest BCUT2D eigenvalue weighted by Gasteiger charge is 2.18. The van der Waals surface area contributed by atoms with Crippen molar-refractivity contribution in [2.75, 3.05) is 6.61 Å². The molecule has 0 saturated heterocycles. The Morgan fingerprint density at radius 3 is 2.56 bits per heavy atom. The van der Waals surface area contributed by atoms with Gasteiger partial charge >= 0.3 is 5.97 Å². The second-order valence-corrected chi connectivity index (χ2v) is 4.51. The van der Waals surface area contributed by atoms with E-state index < -0.39 is 18.2 Å². The van der Waals surface area contributed by atoms with Gasteiger partial charge in [0, 0.05) is 0 Å². The largest absolute Gasteiger partial charge is 0.466 e. The summed E-state index contributed by atoms with van der Waals surface area (Å²) in [5.41, 5.74) is 0. The fourth-order valence-electron chi connectivity index (χ4n) is 1.76. The Balaban J connectivity index is 2.34. The molecule has 0 spiro atoms. The quantitative estimate of drug-likeness (QED) is 0.323. The van der Waals surface area contributed by atoms with Crippen LogP contribution in [0.1, 0.15) is 45.4 Å². The van der Waals surface area contributed by atoms with Gasteiger partial charge in [0.25, 0.3) is 0 Å². The average molecular weight is 276 g/mol. The monoisotopic (exact) mass is 275 g/mol. The van der Waals surface area contributed by atoms with Crippen LogP contribution >= 0.6 is 11.6 Å². The molecule has 5 nitrogen and oxygen atoms in total. The minimum Gasteiger partial charge on any atom is -0.466 e. The van der Waals surface area contributed by atoms with E-state index >= 15 is 0 Å². The van der Waals surface area contributed by atoms with E-state index in [1.54, 1.807) is 6.92 Å². The van der Waals surface area contributed by atoms with Crippen molar-refractivity contribution in [2.24, 2.45) is 5.16 Å². The zero-order valence-electron chi connectivity index (χ0n) is 10.5. The van der Waals surface area contributed by atoms with Gasteiger partial charge in [-0.25, -0.2) is 0 Å². The molecule has 102 valence electrons. The molecule has 0 atom stereocenters. The maximum Gasteiger partial charge on any atom is 0.313 e. The molecule has 0 amide bonds. The molecule has 0 N–H and O–H groups in total. The number of esters is 1. The highest BCUT2D eigenvalue weighted by atomic mass is 35.5. The van der Waals surface area contributed by atoms with Crippen molar-refractivity contribution in [2.45, 2.75) is 51.6 Å². The zero-order valence-corrected chi connectivity index (χ0v) is 11.2. The second kappa shape index (κ2) is 8.08. The Morgan fingerprint density at radius 1 is 1.28 bits per heavy atom. The minimum absolute atomic E-state index is 0.0305. The Bertz CT molecular complexity index is 324. The lowest BCUT2D eigenvalue weighted by Gasteiger charge is -2.19. The highest BCUT2D eigenvalue weighted by Crippen LogP contribution is 2.20. The molecule has 0 aromatic carbocycles. The summed E-state index contributed by atoms with van der Waals surface area (Å²) in [5, 5.41) is 3.29. The van der Waals surface area contributed by atoms with Gasteiger partial charge in [-0.3, -0.25) is 9.59 Å². The zero-order chi connectivity index (χ0) is 13.4. The lowest BCUT2D eigenvalue weighted by atomic mass is 9.98. The average Bonchev–Trinajstić information content (AvgIpc) is 2.37. The van der Waals surface area contributed by atoms with Crippen molar-refractivity contribution < 1.29 is 19.2 Å². The van der Waals surface area contributed by atoms with E-state index in [0.717, 1.165) is 25.7 Å². The fourth-order valence-corrected chi connectivity index (χ4v) is 1.86. The molecular formula is C12H18ClNO4. The molecule has 0 aromatic rings. The second-order valence-electron chi connectivity index (χ2n) is 4.15. The van der Waals surface area contributed by atoms with Crippen LogP contribution in [-0.2, 0) is 19.2 Å². The summed E-state index contributed by atoms with van der Waals surface area (Å²) in [6.45, 7) is 1.91. The summed E-state index contributed by atoms with van der Waals surface area (Å²) in [7, 11) is 0. The van der Waals surface area contributed by atoms with Crippen LogP contribution in [0.3, 0.4) is 0 Å². The number of halogens is 1. The molecule has 0 heterocycles. The first-order valence-electron chi connectivity index (χ1n) is 6.21. The number of Topliss-reactive ketones (excluding diaryl/α,β-unsaturated/α-hetero) is 1. The van der Waals surface area contributed by atoms with E-state index in [0.29, 0.717) is 0 Å². The van der Waals surface area contributed by atoms with Gasteiger partial charge in [-0.1, -0.05) is 23.2 Å². The van der Waals surface area contributed by atoms with E-state index in [1.807, 2.05) is 0 Å². The first-order valence-corrected chi connectivity index (χ1v) is 6.59. The number of carbonyl (C=O) groups is 2. The molecular weight excluding hydrogens is 258 g/mol. The third kappa shape index (κ3) is 5.49. The lowest BCUT2D eigenvalue weighted by Crippen LogP contribution is -2.18. The van der Waals surface area contributed by atoms with Gasteiger partial charge in [0.2, 0.25) is 11.0 Å². The first kappa shape index (κ1) is 15.0. The van der Waals surface area contributed by atoms with Gasteiger partial charge in [-0.2, -0.15) is 0 Å². The van der Waals surface area contributed by atoms with Crippen LogP contribution in [0.25, 0.3) is 0 Å². The van der Waals surface area contributed by atoms with Crippen LogP contribution in [0.5, 0.6) is 0 Å². The molecule has 6 heteroatoms. The SMILES string of the molecule is CCOC(=O)CC(=O)/C(Cl)=N/OC1CCCCC1. The predicted octanol–water partition coefficient (Wildman–Crippen LogP) is 2.41. The highest BCUT2D eigenvalue weighted by molar-refractivity contribution is 6.83.